The van der Waals surface area contributed by atoms with E-state index in [-0.39, 0.29) is 12.1 Å². The summed E-state index contributed by atoms with van der Waals surface area (Å²) in [4.78, 5) is 12.0. The van der Waals surface area contributed by atoms with E-state index < -0.39 is 0 Å². The molecule has 4 heteroatoms. The first-order valence-corrected chi connectivity index (χ1v) is 7.53. The number of anilines is 1. The molecule has 110 valence electrons. The molecule has 1 saturated carbocycles. The molecule has 4 nitrogen and oxygen atoms in total. The van der Waals surface area contributed by atoms with Crippen LogP contribution in [0.1, 0.15) is 37.7 Å². The number of carbonyl (C=O) groups excluding carboxylic acids is 1. The number of amides is 2. The summed E-state index contributed by atoms with van der Waals surface area (Å²) in [6, 6.07) is 7.71. The van der Waals surface area contributed by atoms with Gasteiger partial charge in [-0.05, 0) is 37.8 Å². The highest BCUT2D eigenvalue weighted by atomic mass is 16.2. The molecular weight excluding hydrogens is 250 g/mol. The van der Waals surface area contributed by atoms with Crippen molar-refractivity contribution < 1.29 is 4.79 Å². The highest BCUT2D eigenvalue weighted by molar-refractivity contribution is 5.89. The number of carbonyl (C=O) groups is 1. The van der Waals surface area contributed by atoms with Crippen LogP contribution in [-0.4, -0.2) is 18.6 Å². The zero-order chi connectivity index (χ0) is 14.4. The fourth-order valence-corrected chi connectivity index (χ4v) is 2.88. The highest BCUT2D eigenvalue weighted by Crippen LogP contribution is 2.26. The molecule has 0 spiro atoms. The number of hydrogen-bond acceptors (Lipinski definition) is 2. The van der Waals surface area contributed by atoms with Crippen molar-refractivity contribution in [3.05, 3.63) is 29.8 Å². The van der Waals surface area contributed by atoms with Gasteiger partial charge in [-0.3, -0.25) is 0 Å². The molecule has 1 atom stereocenters. The van der Waals surface area contributed by atoms with Crippen LogP contribution >= 0.6 is 0 Å². The fraction of sp³-hybridized carbons (Fsp3) is 0.562. The molecule has 1 aliphatic carbocycles. The number of benzene rings is 1. The largest absolute Gasteiger partial charge is 0.334 e. The Morgan fingerprint density at radius 3 is 2.50 bits per heavy atom. The molecule has 0 saturated heterocycles. The van der Waals surface area contributed by atoms with Crippen molar-refractivity contribution in [3.63, 3.8) is 0 Å². The molecule has 0 aromatic heterocycles. The van der Waals surface area contributed by atoms with Gasteiger partial charge in [-0.15, -0.1) is 0 Å². The van der Waals surface area contributed by atoms with Crippen molar-refractivity contribution in [2.24, 2.45) is 11.7 Å². The summed E-state index contributed by atoms with van der Waals surface area (Å²) in [7, 11) is 0. The Morgan fingerprint density at radius 2 is 1.90 bits per heavy atom. The first-order valence-electron chi connectivity index (χ1n) is 7.53. The number of rotatable bonds is 4. The second-order valence-corrected chi connectivity index (χ2v) is 5.70. The third-order valence-electron chi connectivity index (χ3n) is 4.10. The Morgan fingerprint density at radius 1 is 1.25 bits per heavy atom. The standard InChI is InChI=1S/C16H25N3O/c1-12-7-9-14(10-8-12)18-16(20)19-15(11-17)13-5-3-2-4-6-13/h7-10,13,15H,2-6,11,17H2,1H3,(H2,18,19,20). The summed E-state index contributed by atoms with van der Waals surface area (Å²) in [6.07, 6.45) is 6.16. The van der Waals surface area contributed by atoms with Gasteiger partial charge in [-0.1, -0.05) is 37.0 Å². The van der Waals surface area contributed by atoms with E-state index >= 15 is 0 Å². The fourth-order valence-electron chi connectivity index (χ4n) is 2.88. The SMILES string of the molecule is Cc1ccc(NC(=O)NC(CN)C2CCCCC2)cc1. The number of urea groups is 1. The Bertz CT molecular complexity index is 424. The second kappa shape index (κ2) is 7.29. The van der Waals surface area contributed by atoms with Crippen LogP contribution in [0.4, 0.5) is 10.5 Å². The van der Waals surface area contributed by atoms with Crippen molar-refractivity contribution in [1.82, 2.24) is 5.32 Å². The summed E-state index contributed by atoms with van der Waals surface area (Å²) < 4.78 is 0. The summed E-state index contributed by atoms with van der Waals surface area (Å²) in [5, 5.41) is 5.89. The normalized spacial score (nSPS) is 17.5. The molecule has 0 aliphatic heterocycles. The molecule has 0 radical (unpaired) electrons. The van der Waals surface area contributed by atoms with E-state index in [1.807, 2.05) is 31.2 Å². The molecular formula is C16H25N3O. The van der Waals surface area contributed by atoms with E-state index in [0.29, 0.717) is 12.5 Å². The van der Waals surface area contributed by atoms with Gasteiger partial charge in [-0.25, -0.2) is 4.79 Å². The van der Waals surface area contributed by atoms with E-state index in [9.17, 15) is 4.79 Å². The number of aryl methyl sites for hydroxylation is 1. The first kappa shape index (κ1) is 14.9. The Labute approximate surface area is 121 Å². The molecule has 0 bridgehead atoms. The van der Waals surface area contributed by atoms with Gasteiger partial charge in [0.25, 0.3) is 0 Å². The Kier molecular flexibility index (Phi) is 5.41. The minimum Gasteiger partial charge on any atom is -0.334 e. The van der Waals surface area contributed by atoms with E-state index in [2.05, 4.69) is 10.6 Å². The van der Waals surface area contributed by atoms with Crippen molar-refractivity contribution in [1.29, 1.82) is 0 Å². The maximum atomic E-state index is 12.0. The molecule has 4 N–H and O–H groups in total. The van der Waals surface area contributed by atoms with E-state index in [1.54, 1.807) is 0 Å². The monoisotopic (exact) mass is 275 g/mol. The molecule has 2 rings (SSSR count). The van der Waals surface area contributed by atoms with Gasteiger partial charge in [0.15, 0.2) is 0 Å². The van der Waals surface area contributed by atoms with Gasteiger partial charge in [0.05, 0.1) is 0 Å². The van der Waals surface area contributed by atoms with Crippen LogP contribution in [0.25, 0.3) is 0 Å². The van der Waals surface area contributed by atoms with Crippen molar-refractivity contribution in [2.75, 3.05) is 11.9 Å². The zero-order valence-corrected chi connectivity index (χ0v) is 12.2. The summed E-state index contributed by atoms with van der Waals surface area (Å²) >= 11 is 0. The highest BCUT2D eigenvalue weighted by Gasteiger charge is 2.23. The smallest absolute Gasteiger partial charge is 0.319 e. The van der Waals surface area contributed by atoms with Crippen molar-refractivity contribution in [2.45, 2.75) is 45.1 Å². The molecule has 1 unspecified atom stereocenters. The van der Waals surface area contributed by atoms with Gasteiger partial charge in [0, 0.05) is 18.3 Å². The van der Waals surface area contributed by atoms with E-state index in [4.69, 9.17) is 5.73 Å². The van der Waals surface area contributed by atoms with Crippen LogP contribution in [0, 0.1) is 12.8 Å². The summed E-state index contributed by atoms with van der Waals surface area (Å²) in [6.45, 7) is 2.53. The van der Waals surface area contributed by atoms with Gasteiger partial charge in [0.2, 0.25) is 0 Å². The minimum absolute atomic E-state index is 0.0840. The molecule has 0 heterocycles. The first-order chi connectivity index (χ1) is 9.69. The van der Waals surface area contributed by atoms with E-state index in [1.165, 1.54) is 37.7 Å². The lowest BCUT2D eigenvalue weighted by molar-refractivity contribution is 0.233. The molecule has 1 aromatic carbocycles. The van der Waals surface area contributed by atoms with Gasteiger partial charge < -0.3 is 16.4 Å². The third kappa shape index (κ3) is 4.23. The zero-order valence-electron chi connectivity index (χ0n) is 12.2. The molecule has 20 heavy (non-hydrogen) atoms. The second-order valence-electron chi connectivity index (χ2n) is 5.70. The van der Waals surface area contributed by atoms with Crippen LogP contribution in [0.15, 0.2) is 24.3 Å². The van der Waals surface area contributed by atoms with Crippen molar-refractivity contribution >= 4 is 11.7 Å². The summed E-state index contributed by atoms with van der Waals surface area (Å²) in [5.74, 6) is 0.525. The van der Waals surface area contributed by atoms with Crippen LogP contribution in [0.5, 0.6) is 0 Å². The summed E-state index contributed by atoms with van der Waals surface area (Å²) in [5.41, 5.74) is 7.81. The molecule has 1 aromatic rings. The minimum atomic E-state index is -0.158. The molecule has 2 amide bonds. The lowest BCUT2D eigenvalue weighted by Crippen LogP contribution is -2.47. The number of nitrogens with one attached hydrogen (secondary N) is 2. The van der Waals surface area contributed by atoms with Gasteiger partial charge in [-0.2, -0.15) is 0 Å². The van der Waals surface area contributed by atoms with Gasteiger partial charge >= 0.3 is 6.03 Å². The molecule has 1 aliphatic rings. The Balaban J connectivity index is 1.86. The average Bonchev–Trinajstić information content (AvgIpc) is 2.48. The van der Waals surface area contributed by atoms with Crippen LogP contribution in [-0.2, 0) is 0 Å². The van der Waals surface area contributed by atoms with Crippen LogP contribution in [0.2, 0.25) is 0 Å². The Hall–Kier alpha value is -1.55. The van der Waals surface area contributed by atoms with Gasteiger partial charge in [0.1, 0.15) is 0 Å². The molecule has 1 fully saturated rings. The number of hydrogen-bond donors (Lipinski definition) is 3. The third-order valence-corrected chi connectivity index (χ3v) is 4.10. The van der Waals surface area contributed by atoms with Crippen LogP contribution < -0.4 is 16.4 Å². The van der Waals surface area contributed by atoms with Crippen LogP contribution in [0.3, 0.4) is 0 Å². The predicted octanol–water partition coefficient (Wildman–Crippen LogP) is 3.02. The quantitative estimate of drug-likeness (QED) is 0.790. The lowest BCUT2D eigenvalue weighted by atomic mass is 9.84. The topological polar surface area (TPSA) is 67.2 Å². The lowest BCUT2D eigenvalue weighted by Gasteiger charge is -2.30. The average molecular weight is 275 g/mol. The predicted molar refractivity (Wildman–Crippen MR) is 82.8 cm³/mol. The number of nitrogens with two attached hydrogens (primary N) is 1. The maximum Gasteiger partial charge on any atom is 0.319 e. The van der Waals surface area contributed by atoms with E-state index in [0.717, 1.165) is 5.69 Å². The maximum absolute atomic E-state index is 12.0. The van der Waals surface area contributed by atoms with Crippen molar-refractivity contribution in [3.8, 4) is 0 Å².